The van der Waals surface area contributed by atoms with E-state index in [2.05, 4.69) is 5.32 Å². The van der Waals surface area contributed by atoms with Crippen LogP contribution in [0.4, 0.5) is 0 Å². The molecule has 7 nitrogen and oxygen atoms in total. The molecule has 2 amide bonds. The fourth-order valence-corrected chi connectivity index (χ4v) is 5.06. The zero-order valence-electron chi connectivity index (χ0n) is 17.7. The number of amides is 2. The molecule has 1 aliphatic rings. The zero-order chi connectivity index (χ0) is 21.4. The first kappa shape index (κ1) is 23.3. The first-order valence-electron chi connectivity index (χ1n) is 10.5. The number of sulfonamides is 1. The molecule has 0 saturated carbocycles. The van der Waals surface area contributed by atoms with Gasteiger partial charge < -0.3 is 10.2 Å². The number of nitrogens with zero attached hydrogens (tertiary/aromatic N) is 2. The maximum atomic E-state index is 12.6. The molecule has 1 unspecified atom stereocenters. The van der Waals surface area contributed by atoms with Gasteiger partial charge in [0.2, 0.25) is 21.8 Å². The first-order chi connectivity index (χ1) is 13.8. The molecule has 1 saturated heterocycles. The minimum atomic E-state index is -3.46. The van der Waals surface area contributed by atoms with E-state index in [1.807, 2.05) is 25.7 Å². The topological polar surface area (TPSA) is 86.8 Å². The normalized spacial score (nSPS) is 17.4. The molecule has 8 heteroatoms. The largest absolute Gasteiger partial charge is 0.352 e. The van der Waals surface area contributed by atoms with Crippen LogP contribution in [0.3, 0.4) is 0 Å². The Kier molecular flexibility index (Phi) is 8.64. The number of carbonyl (C=O) groups excluding carboxylic acids is 2. The third-order valence-corrected chi connectivity index (χ3v) is 7.42. The minimum absolute atomic E-state index is 0.0176. The molecule has 1 N–H and O–H groups in total. The van der Waals surface area contributed by atoms with E-state index in [0.29, 0.717) is 38.9 Å². The van der Waals surface area contributed by atoms with Crippen molar-refractivity contribution in [2.24, 2.45) is 0 Å². The van der Waals surface area contributed by atoms with Crippen LogP contribution in [-0.2, 0) is 26.0 Å². The second-order valence-corrected chi connectivity index (χ2v) is 9.27. The van der Waals surface area contributed by atoms with Crippen LogP contribution in [0, 0.1) is 0 Å². The van der Waals surface area contributed by atoms with Gasteiger partial charge in [-0.2, -0.15) is 4.31 Å². The number of benzene rings is 1. The van der Waals surface area contributed by atoms with Crippen LogP contribution in [-0.4, -0.2) is 61.7 Å². The summed E-state index contributed by atoms with van der Waals surface area (Å²) in [5, 5.41) is 2.97. The average Bonchev–Trinajstić information content (AvgIpc) is 2.73. The Morgan fingerprint density at radius 1 is 1.14 bits per heavy atom. The molecule has 0 aromatic heterocycles. The zero-order valence-corrected chi connectivity index (χ0v) is 18.5. The Bertz CT molecular complexity index is 789. The van der Waals surface area contributed by atoms with E-state index in [-0.39, 0.29) is 22.8 Å². The average molecular weight is 424 g/mol. The van der Waals surface area contributed by atoms with E-state index in [1.165, 1.54) is 4.31 Å². The lowest BCUT2D eigenvalue weighted by Crippen LogP contribution is -2.49. The van der Waals surface area contributed by atoms with Crippen LogP contribution >= 0.6 is 0 Å². The molecular formula is C21H33N3O4S. The molecule has 1 aromatic carbocycles. The monoisotopic (exact) mass is 423 g/mol. The van der Waals surface area contributed by atoms with E-state index in [0.717, 1.165) is 24.9 Å². The van der Waals surface area contributed by atoms with Crippen molar-refractivity contribution >= 4 is 21.8 Å². The summed E-state index contributed by atoms with van der Waals surface area (Å²) in [5.41, 5.74) is 0.935. The maximum Gasteiger partial charge on any atom is 0.243 e. The Hall–Kier alpha value is -1.93. The van der Waals surface area contributed by atoms with Gasteiger partial charge in [0.15, 0.2) is 0 Å². The van der Waals surface area contributed by atoms with E-state index < -0.39 is 10.0 Å². The Labute approximate surface area is 174 Å². The molecule has 2 rings (SSSR count). The quantitative estimate of drug-likeness (QED) is 0.659. The number of piperidine rings is 1. The van der Waals surface area contributed by atoms with Crippen LogP contribution < -0.4 is 5.32 Å². The van der Waals surface area contributed by atoms with Gasteiger partial charge >= 0.3 is 0 Å². The van der Waals surface area contributed by atoms with E-state index >= 15 is 0 Å². The highest BCUT2D eigenvalue weighted by molar-refractivity contribution is 7.89. The lowest BCUT2D eigenvalue weighted by Gasteiger charge is -2.33. The fourth-order valence-electron chi connectivity index (χ4n) is 3.60. The van der Waals surface area contributed by atoms with Crippen molar-refractivity contribution in [1.82, 2.24) is 14.5 Å². The summed E-state index contributed by atoms with van der Waals surface area (Å²) in [7, 11) is -3.46. The summed E-state index contributed by atoms with van der Waals surface area (Å²) in [6.07, 6.45) is 3.17. The number of hydrogen-bond acceptors (Lipinski definition) is 4. The summed E-state index contributed by atoms with van der Waals surface area (Å²) >= 11 is 0. The number of hydrogen-bond donors (Lipinski definition) is 1. The first-order valence-corrected chi connectivity index (χ1v) is 11.9. The second kappa shape index (κ2) is 10.7. The van der Waals surface area contributed by atoms with Gasteiger partial charge in [-0.25, -0.2) is 8.42 Å². The predicted molar refractivity (Wildman–Crippen MR) is 113 cm³/mol. The van der Waals surface area contributed by atoms with Crippen LogP contribution in [0.2, 0.25) is 0 Å². The summed E-state index contributed by atoms with van der Waals surface area (Å²) in [4.78, 5) is 26.3. The van der Waals surface area contributed by atoms with E-state index in [4.69, 9.17) is 0 Å². The number of carbonyl (C=O) groups is 2. The second-order valence-electron chi connectivity index (χ2n) is 7.33. The molecular weight excluding hydrogens is 390 g/mol. The number of rotatable bonds is 9. The summed E-state index contributed by atoms with van der Waals surface area (Å²) in [5.74, 6) is 0.0874. The summed E-state index contributed by atoms with van der Waals surface area (Å²) in [6, 6.07) is 6.83. The molecule has 29 heavy (non-hydrogen) atoms. The van der Waals surface area contributed by atoms with E-state index in [1.54, 1.807) is 24.3 Å². The lowest BCUT2D eigenvalue weighted by atomic mass is 10.0. The van der Waals surface area contributed by atoms with Crippen molar-refractivity contribution in [3.63, 3.8) is 0 Å². The van der Waals surface area contributed by atoms with Crippen molar-refractivity contribution in [2.75, 3.05) is 26.2 Å². The number of likely N-dealkylation sites (tertiary alicyclic amines) is 1. The van der Waals surface area contributed by atoms with Gasteiger partial charge in [0.05, 0.1) is 4.90 Å². The van der Waals surface area contributed by atoms with Crippen LogP contribution in [0.5, 0.6) is 0 Å². The van der Waals surface area contributed by atoms with Crippen LogP contribution in [0.15, 0.2) is 29.2 Å². The van der Waals surface area contributed by atoms with Gasteiger partial charge in [0.25, 0.3) is 0 Å². The highest BCUT2D eigenvalue weighted by Gasteiger charge is 2.24. The van der Waals surface area contributed by atoms with Crippen molar-refractivity contribution in [2.45, 2.75) is 63.8 Å². The van der Waals surface area contributed by atoms with Crippen LogP contribution in [0.1, 0.15) is 52.0 Å². The maximum absolute atomic E-state index is 12.6. The van der Waals surface area contributed by atoms with Gasteiger partial charge in [-0.15, -0.1) is 0 Å². The molecule has 0 spiro atoms. The molecule has 0 bridgehead atoms. The Morgan fingerprint density at radius 3 is 2.38 bits per heavy atom. The smallest absolute Gasteiger partial charge is 0.243 e. The van der Waals surface area contributed by atoms with Crippen molar-refractivity contribution in [3.05, 3.63) is 29.8 Å². The van der Waals surface area contributed by atoms with Crippen LogP contribution in [0.25, 0.3) is 0 Å². The molecule has 1 fully saturated rings. The molecule has 1 atom stereocenters. The molecule has 162 valence electrons. The van der Waals surface area contributed by atoms with Crippen molar-refractivity contribution in [3.8, 4) is 0 Å². The van der Waals surface area contributed by atoms with Gasteiger partial charge in [-0.1, -0.05) is 32.9 Å². The minimum Gasteiger partial charge on any atom is -0.352 e. The van der Waals surface area contributed by atoms with Gasteiger partial charge in [0, 0.05) is 45.1 Å². The Balaban J connectivity index is 1.91. The molecule has 1 aromatic rings. The van der Waals surface area contributed by atoms with Crippen molar-refractivity contribution < 1.29 is 18.0 Å². The van der Waals surface area contributed by atoms with E-state index in [9.17, 15) is 18.0 Å². The van der Waals surface area contributed by atoms with Gasteiger partial charge in [-0.05, 0) is 37.0 Å². The summed E-state index contributed by atoms with van der Waals surface area (Å²) < 4.78 is 26.5. The SMILES string of the molecule is CCC(=O)NC1CCCN(C(=O)CCc2ccc(S(=O)(=O)N(CC)CC)cc2)C1. The summed E-state index contributed by atoms with van der Waals surface area (Å²) in [6.45, 7) is 7.61. The highest BCUT2D eigenvalue weighted by atomic mass is 32.2. The van der Waals surface area contributed by atoms with Gasteiger partial charge in [-0.3, -0.25) is 9.59 Å². The molecule has 0 radical (unpaired) electrons. The number of aryl methyl sites for hydroxylation is 1. The fraction of sp³-hybridized carbons (Fsp3) is 0.619. The standard InChI is InChI=1S/C21H33N3O4S/c1-4-20(25)22-18-8-7-15-23(16-18)21(26)14-11-17-9-12-19(13-10-17)29(27,28)24(5-2)6-3/h9-10,12-13,18H,4-8,11,14-16H2,1-3H3,(H,22,25). The number of nitrogens with one attached hydrogen (secondary N) is 1. The molecule has 1 aliphatic heterocycles. The lowest BCUT2D eigenvalue weighted by molar-refractivity contribution is -0.133. The molecule has 1 heterocycles. The highest BCUT2D eigenvalue weighted by Crippen LogP contribution is 2.18. The van der Waals surface area contributed by atoms with Crippen molar-refractivity contribution in [1.29, 1.82) is 0 Å². The molecule has 0 aliphatic carbocycles. The van der Waals surface area contributed by atoms with Gasteiger partial charge in [0.1, 0.15) is 0 Å². The Morgan fingerprint density at radius 2 is 1.79 bits per heavy atom. The predicted octanol–water partition coefficient (Wildman–Crippen LogP) is 2.17. The third kappa shape index (κ3) is 6.27. The third-order valence-electron chi connectivity index (χ3n) is 5.35.